The van der Waals surface area contributed by atoms with E-state index >= 15 is 0 Å². The summed E-state index contributed by atoms with van der Waals surface area (Å²) in [4.78, 5) is 29.3. The molecule has 0 aromatic heterocycles. The summed E-state index contributed by atoms with van der Waals surface area (Å²) in [5.74, 6) is 0.375. The summed E-state index contributed by atoms with van der Waals surface area (Å²) in [7, 11) is 0. The Bertz CT molecular complexity index is 730. The molecule has 2 amide bonds. The number of thioether (sulfide) groups is 1. The van der Waals surface area contributed by atoms with Gasteiger partial charge in [-0.05, 0) is 63.8 Å². The van der Waals surface area contributed by atoms with Crippen molar-refractivity contribution in [2.24, 2.45) is 5.92 Å². The van der Waals surface area contributed by atoms with Gasteiger partial charge in [-0.2, -0.15) is 0 Å². The minimum Gasteiger partial charge on any atom is -0.373 e. The van der Waals surface area contributed by atoms with Gasteiger partial charge in [0.1, 0.15) is 5.82 Å². The number of nitrogens with zero attached hydrogens (tertiary/aromatic N) is 2. The van der Waals surface area contributed by atoms with Gasteiger partial charge in [0.05, 0.1) is 23.2 Å². The number of rotatable bonds is 7. The van der Waals surface area contributed by atoms with Crippen LogP contribution in [-0.4, -0.2) is 77.5 Å². The third-order valence-electron chi connectivity index (χ3n) is 5.88. The maximum Gasteiger partial charge on any atom is 0.235 e. The first-order valence-corrected chi connectivity index (χ1v) is 12.2. The zero-order chi connectivity index (χ0) is 22.4. The largest absolute Gasteiger partial charge is 0.373 e. The molecule has 6 nitrogen and oxygen atoms in total. The first kappa shape index (κ1) is 24.0. The van der Waals surface area contributed by atoms with Crippen molar-refractivity contribution in [1.82, 2.24) is 9.80 Å². The third-order valence-corrected chi connectivity index (χ3v) is 7.01. The normalized spacial score (nSPS) is 24.1. The molecule has 0 saturated carbocycles. The van der Waals surface area contributed by atoms with Crippen molar-refractivity contribution in [3.63, 3.8) is 0 Å². The molecule has 3 atom stereocenters. The van der Waals surface area contributed by atoms with Crippen LogP contribution in [0.5, 0.6) is 0 Å². The van der Waals surface area contributed by atoms with Gasteiger partial charge in [0.15, 0.2) is 0 Å². The van der Waals surface area contributed by atoms with E-state index in [1.54, 1.807) is 0 Å². The predicted octanol–water partition coefficient (Wildman–Crippen LogP) is 3.23. The second-order valence-electron chi connectivity index (χ2n) is 8.75. The Balaban J connectivity index is 1.36. The summed E-state index contributed by atoms with van der Waals surface area (Å²) in [6.45, 7) is 10.7. The number of anilines is 1. The number of piperidine rings is 1. The van der Waals surface area contributed by atoms with E-state index in [1.807, 2.05) is 11.8 Å². The first-order chi connectivity index (χ1) is 14.8. The number of carbonyl (C=O) groups excluding carboxylic acids is 2. The van der Waals surface area contributed by atoms with E-state index < -0.39 is 0 Å². The van der Waals surface area contributed by atoms with E-state index in [0.29, 0.717) is 11.6 Å². The highest BCUT2D eigenvalue weighted by Crippen LogP contribution is 2.23. The van der Waals surface area contributed by atoms with Crippen LogP contribution in [0.15, 0.2) is 24.3 Å². The average molecular weight is 452 g/mol. The van der Waals surface area contributed by atoms with Crippen LogP contribution in [0.1, 0.15) is 33.6 Å². The zero-order valence-corrected chi connectivity index (χ0v) is 19.5. The molecule has 0 spiro atoms. The number of nitrogens with one attached hydrogen (secondary N) is 1. The molecule has 0 radical (unpaired) electrons. The number of hydrogen-bond donors (Lipinski definition) is 1. The van der Waals surface area contributed by atoms with Crippen LogP contribution >= 0.6 is 11.8 Å². The number of likely N-dealkylation sites (tertiary alicyclic amines) is 1. The van der Waals surface area contributed by atoms with E-state index in [9.17, 15) is 14.0 Å². The second-order valence-corrected chi connectivity index (χ2v) is 10.1. The number of carbonyl (C=O) groups is 2. The molecule has 0 bridgehead atoms. The Morgan fingerprint density at radius 2 is 1.77 bits per heavy atom. The second kappa shape index (κ2) is 11.3. The van der Waals surface area contributed by atoms with Gasteiger partial charge in [0.25, 0.3) is 0 Å². The van der Waals surface area contributed by atoms with Gasteiger partial charge in [-0.15, -0.1) is 11.8 Å². The Hall–Kier alpha value is -1.64. The molecule has 31 heavy (non-hydrogen) atoms. The maximum atomic E-state index is 12.9. The minimum atomic E-state index is -0.343. The Kier molecular flexibility index (Phi) is 8.75. The van der Waals surface area contributed by atoms with Crippen LogP contribution < -0.4 is 5.32 Å². The molecular formula is C23H34FN3O3S. The van der Waals surface area contributed by atoms with Crippen LogP contribution in [0.4, 0.5) is 10.1 Å². The Morgan fingerprint density at radius 1 is 1.16 bits per heavy atom. The van der Waals surface area contributed by atoms with Gasteiger partial charge in [0.2, 0.25) is 11.8 Å². The molecule has 3 rings (SSSR count). The monoisotopic (exact) mass is 451 g/mol. The topological polar surface area (TPSA) is 61.9 Å². The van der Waals surface area contributed by atoms with Crippen molar-refractivity contribution in [3.05, 3.63) is 30.1 Å². The molecule has 2 aliphatic rings. The maximum absolute atomic E-state index is 12.9. The van der Waals surface area contributed by atoms with Gasteiger partial charge >= 0.3 is 0 Å². The summed E-state index contributed by atoms with van der Waals surface area (Å²) in [5, 5.41) is 2.46. The summed E-state index contributed by atoms with van der Waals surface area (Å²) >= 11 is 1.34. The number of hydrogen-bond acceptors (Lipinski definition) is 5. The van der Waals surface area contributed by atoms with Crippen LogP contribution in [0.25, 0.3) is 0 Å². The smallest absolute Gasteiger partial charge is 0.235 e. The van der Waals surface area contributed by atoms with Crippen molar-refractivity contribution in [2.75, 3.05) is 43.8 Å². The van der Waals surface area contributed by atoms with Crippen molar-refractivity contribution >= 4 is 29.3 Å². The van der Waals surface area contributed by atoms with E-state index in [0.717, 1.165) is 45.6 Å². The van der Waals surface area contributed by atoms with Crippen molar-refractivity contribution in [1.29, 1.82) is 0 Å². The van der Waals surface area contributed by atoms with Crippen LogP contribution in [0, 0.1) is 11.7 Å². The standard InChI is InChI=1S/C23H34FN3O3S/c1-16-12-26(13-17(2)30-16)14-19-8-10-27(11-9-19)23(29)18(3)31-15-22(28)25-21-6-4-20(24)5-7-21/h4-7,16-19H,8-15H2,1-3H3,(H,25,28). The molecule has 0 aliphatic carbocycles. The molecule has 2 heterocycles. The lowest BCUT2D eigenvalue weighted by Gasteiger charge is -2.39. The van der Waals surface area contributed by atoms with Gasteiger partial charge in [-0.25, -0.2) is 4.39 Å². The highest BCUT2D eigenvalue weighted by Gasteiger charge is 2.29. The van der Waals surface area contributed by atoms with Crippen molar-refractivity contribution < 1.29 is 18.7 Å². The van der Waals surface area contributed by atoms with E-state index in [1.165, 1.54) is 36.0 Å². The summed E-state index contributed by atoms with van der Waals surface area (Å²) < 4.78 is 18.8. The van der Waals surface area contributed by atoms with Gasteiger partial charge < -0.3 is 15.0 Å². The van der Waals surface area contributed by atoms with Crippen molar-refractivity contribution in [3.8, 4) is 0 Å². The third kappa shape index (κ3) is 7.47. The fourth-order valence-corrected chi connectivity index (χ4v) is 5.16. The van der Waals surface area contributed by atoms with E-state index in [-0.39, 0.29) is 40.8 Å². The molecule has 172 valence electrons. The Morgan fingerprint density at radius 3 is 2.39 bits per heavy atom. The number of morpholine rings is 1. The number of amides is 2. The molecule has 8 heteroatoms. The lowest BCUT2D eigenvalue weighted by molar-refractivity contribution is -0.131. The number of ether oxygens (including phenoxy) is 1. The van der Waals surface area contributed by atoms with Gasteiger partial charge in [0, 0.05) is 38.4 Å². The molecule has 1 aromatic rings. The lowest BCUT2D eigenvalue weighted by Crippen LogP contribution is -2.49. The molecule has 2 saturated heterocycles. The number of halogens is 1. The van der Waals surface area contributed by atoms with E-state index in [2.05, 4.69) is 24.1 Å². The van der Waals surface area contributed by atoms with Crippen LogP contribution in [0.3, 0.4) is 0 Å². The average Bonchev–Trinajstić information content (AvgIpc) is 2.73. The van der Waals surface area contributed by atoms with E-state index in [4.69, 9.17) is 4.74 Å². The highest BCUT2D eigenvalue weighted by molar-refractivity contribution is 8.01. The Labute approximate surface area is 188 Å². The molecule has 2 fully saturated rings. The first-order valence-electron chi connectivity index (χ1n) is 11.1. The van der Waals surface area contributed by atoms with Crippen molar-refractivity contribution in [2.45, 2.75) is 51.1 Å². The number of benzene rings is 1. The minimum absolute atomic E-state index is 0.103. The quantitative estimate of drug-likeness (QED) is 0.690. The molecule has 1 N–H and O–H groups in total. The van der Waals surface area contributed by atoms with Crippen LogP contribution in [-0.2, 0) is 14.3 Å². The fourth-order valence-electron chi connectivity index (χ4n) is 4.39. The summed E-state index contributed by atoms with van der Waals surface area (Å²) in [6, 6.07) is 5.65. The van der Waals surface area contributed by atoms with Gasteiger partial charge in [-0.3, -0.25) is 14.5 Å². The zero-order valence-electron chi connectivity index (χ0n) is 18.7. The summed E-state index contributed by atoms with van der Waals surface area (Å²) in [6.07, 6.45) is 2.61. The summed E-state index contributed by atoms with van der Waals surface area (Å²) in [5.41, 5.74) is 0.553. The fraction of sp³-hybridized carbons (Fsp3) is 0.652. The van der Waals surface area contributed by atoms with Gasteiger partial charge in [-0.1, -0.05) is 0 Å². The van der Waals surface area contributed by atoms with Crippen LogP contribution in [0.2, 0.25) is 0 Å². The highest BCUT2D eigenvalue weighted by atomic mass is 32.2. The molecule has 1 aromatic carbocycles. The SMILES string of the molecule is CC1CN(CC2CCN(C(=O)C(C)SCC(=O)Nc3ccc(F)cc3)CC2)CC(C)O1. The molecule has 3 unspecified atom stereocenters. The lowest BCUT2D eigenvalue weighted by atomic mass is 9.95. The molecular weight excluding hydrogens is 417 g/mol. The predicted molar refractivity (Wildman–Crippen MR) is 123 cm³/mol. The molecule has 2 aliphatic heterocycles.